The lowest BCUT2D eigenvalue weighted by Gasteiger charge is -2.51. The molecule has 0 aromatic heterocycles. The number of piperazine rings is 1. The highest BCUT2D eigenvalue weighted by Crippen LogP contribution is 2.34. The first-order valence-electron chi connectivity index (χ1n) is 14.5. The highest BCUT2D eigenvalue weighted by molar-refractivity contribution is 6.00. The van der Waals surface area contributed by atoms with Crippen LogP contribution < -0.4 is 10.6 Å². The van der Waals surface area contributed by atoms with Gasteiger partial charge in [0.05, 0.1) is 0 Å². The highest BCUT2D eigenvalue weighted by Gasteiger charge is 2.53. The van der Waals surface area contributed by atoms with E-state index in [1.54, 1.807) is 4.90 Å². The maximum absolute atomic E-state index is 13.6. The Balaban J connectivity index is 1.23. The van der Waals surface area contributed by atoms with Crippen LogP contribution in [0, 0.1) is 0 Å². The lowest BCUT2D eigenvalue weighted by atomic mass is 9.81. The molecular weight excluding hydrogens is 508 g/mol. The zero-order valence-electron chi connectivity index (χ0n) is 23.2. The van der Waals surface area contributed by atoms with Crippen molar-refractivity contribution >= 4 is 17.9 Å². The van der Waals surface area contributed by atoms with Gasteiger partial charge in [0.15, 0.2) is 0 Å². The summed E-state index contributed by atoms with van der Waals surface area (Å²) < 4.78 is 5.22. The number of benzene rings is 2. The number of nitrogens with one attached hydrogen (secondary N) is 2. The fourth-order valence-electron chi connectivity index (χ4n) is 5.64. The molecule has 40 heavy (non-hydrogen) atoms. The van der Waals surface area contributed by atoms with Crippen molar-refractivity contribution in [2.75, 3.05) is 39.3 Å². The molecule has 0 unspecified atom stereocenters. The van der Waals surface area contributed by atoms with Crippen LogP contribution in [-0.4, -0.2) is 83.7 Å². The number of ether oxygens (including phenoxy) is 1. The summed E-state index contributed by atoms with van der Waals surface area (Å²) >= 11 is 0. The van der Waals surface area contributed by atoms with Gasteiger partial charge >= 0.3 is 6.09 Å². The smallest absolute Gasteiger partial charge is 0.407 e. The first kappa shape index (κ1) is 29.6. The van der Waals surface area contributed by atoms with Crippen LogP contribution in [0.4, 0.5) is 4.79 Å². The summed E-state index contributed by atoms with van der Waals surface area (Å²) in [7, 11) is 0. The van der Waals surface area contributed by atoms with Gasteiger partial charge in [0.1, 0.15) is 18.2 Å². The van der Waals surface area contributed by atoms with Crippen molar-refractivity contribution in [1.82, 2.24) is 20.4 Å². The van der Waals surface area contributed by atoms with Crippen LogP contribution in [-0.2, 0) is 27.4 Å². The number of aliphatic hydroxyl groups is 1. The van der Waals surface area contributed by atoms with E-state index in [-0.39, 0.29) is 25.0 Å². The van der Waals surface area contributed by atoms with Crippen molar-refractivity contribution in [3.05, 3.63) is 71.8 Å². The fourth-order valence-corrected chi connectivity index (χ4v) is 5.64. The monoisotopic (exact) mass is 550 g/mol. The van der Waals surface area contributed by atoms with Crippen LogP contribution in [0.2, 0.25) is 0 Å². The average molecular weight is 551 g/mol. The number of amides is 3. The molecule has 2 aliphatic heterocycles. The van der Waals surface area contributed by atoms with Crippen LogP contribution in [0.1, 0.15) is 49.7 Å². The second kappa shape index (κ2) is 14.8. The van der Waals surface area contributed by atoms with Gasteiger partial charge in [-0.3, -0.25) is 9.59 Å². The molecule has 3 N–H and O–H groups in total. The number of piperidine rings is 1. The molecule has 2 fully saturated rings. The van der Waals surface area contributed by atoms with Crippen molar-refractivity contribution in [2.24, 2.45) is 0 Å². The van der Waals surface area contributed by atoms with Gasteiger partial charge in [-0.2, -0.15) is 0 Å². The molecule has 0 saturated carbocycles. The van der Waals surface area contributed by atoms with E-state index < -0.39 is 17.7 Å². The van der Waals surface area contributed by atoms with Crippen molar-refractivity contribution in [1.29, 1.82) is 0 Å². The molecule has 0 radical (unpaired) electrons. The summed E-state index contributed by atoms with van der Waals surface area (Å²) in [6.45, 7) is 3.41. The molecule has 2 heterocycles. The summed E-state index contributed by atoms with van der Waals surface area (Å²) in [6.07, 6.45) is 3.94. The molecule has 2 aromatic rings. The van der Waals surface area contributed by atoms with Gasteiger partial charge in [-0.1, -0.05) is 60.7 Å². The SMILES string of the molecule is O=C(NCCCC[C@@H]1NC(=O)C2(CCN(CCc3ccccc3)CC2)N(CCCO)C1=O)OCc1ccccc1. The Morgan fingerprint density at radius 2 is 1.62 bits per heavy atom. The van der Waals surface area contributed by atoms with Crippen molar-refractivity contribution < 1.29 is 24.2 Å². The number of aliphatic hydroxyl groups excluding tert-OH is 1. The Bertz CT molecular complexity index is 1090. The third-order valence-corrected chi connectivity index (χ3v) is 7.99. The molecule has 2 saturated heterocycles. The van der Waals surface area contributed by atoms with Crippen molar-refractivity contribution in [3.63, 3.8) is 0 Å². The molecule has 2 aliphatic rings. The number of unbranched alkanes of at least 4 members (excludes halogenated alkanes) is 1. The minimum absolute atomic E-state index is 0.0264. The van der Waals surface area contributed by atoms with E-state index in [1.807, 2.05) is 48.5 Å². The number of nitrogens with zero attached hydrogens (tertiary/aromatic N) is 2. The number of rotatable bonds is 13. The maximum atomic E-state index is 13.6. The lowest BCUT2D eigenvalue weighted by molar-refractivity contribution is -0.161. The van der Waals surface area contributed by atoms with Crippen molar-refractivity contribution in [3.8, 4) is 0 Å². The van der Waals surface area contributed by atoms with Gasteiger partial charge in [0.25, 0.3) is 0 Å². The maximum Gasteiger partial charge on any atom is 0.407 e. The highest BCUT2D eigenvalue weighted by atomic mass is 16.5. The number of alkyl carbamates (subject to hydrolysis) is 1. The first-order chi connectivity index (χ1) is 19.5. The van der Waals surface area contributed by atoms with Gasteiger partial charge in [0, 0.05) is 39.3 Å². The van der Waals surface area contributed by atoms with E-state index in [4.69, 9.17) is 4.74 Å². The standard InChI is InChI=1S/C31H42N4O5/c36-23-9-19-35-28(37)27(14-7-8-18-32-30(39)40-24-26-12-5-2-6-13-26)33-29(38)31(35)16-21-34(22-17-31)20-15-25-10-3-1-4-11-25/h1-6,10-13,27,36H,7-9,14-24H2,(H,32,39)(H,33,38)/t27-/m0/s1. The minimum atomic E-state index is -0.851. The fraction of sp³-hybridized carbons (Fsp3) is 0.516. The average Bonchev–Trinajstić information content (AvgIpc) is 2.99. The zero-order valence-corrected chi connectivity index (χ0v) is 23.2. The lowest BCUT2D eigenvalue weighted by Crippen LogP contribution is -2.73. The van der Waals surface area contributed by atoms with E-state index in [1.165, 1.54) is 5.56 Å². The minimum Gasteiger partial charge on any atom is -0.445 e. The Hall–Kier alpha value is -3.43. The molecule has 216 valence electrons. The number of hydrogen-bond donors (Lipinski definition) is 3. The summed E-state index contributed by atoms with van der Waals surface area (Å²) in [6, 6.07) is 19.3. The van der Waals surface area contributed by atoms with Crippen LogP contribution >= 0.6 is 0 Å². The van der Waals surface area contributed by atoms with Gasteiger partial charge in [0.2, 0.25) is 11.8 Å². The Morgan fingerprint density at radius 1 is 0.950 bits per heavy atom. The molecule has 3 amide bonds. The molecule has 1 spiro atoms. The molecule has 9 heteroatoms. The topological polar surface area (TPSA) is 111 Å². The van der Waals surface area contributed by atoms with E-state index in [0.29, 0.717) is 51.6 Å². The predicted octanol–water partition coefficient (Wildman–Crippen LogP) is 2.87. The van der Waals surface area contributed by atoms with Crippen LogP contribution in [0.15, 0.2) is 60.7 Å². The molecule has 0 aliphatic carbocycles. The largest absolute Gasteiger partial charge is 0.445 e. The summed E-state index contributed by atoms with van der Waals surface area (Å²) in [5, 5.41) is 15.2. The van der Waals surface area contributed by atoms with Crippen LogP contribution in [0.3, 0.4) is 0 Å². The third-order valence-electron chi connectivity index (χ3n) is 7.99. The van der Waals surface area contributed by atoms with Crippen LogP contribution in [0.5, 0.6) is 0 Å². The zero-order chi connectivity index (χ0) is 28.2. The molecule has 0 bridgehead atoms. The normalized spacial score (nSPS) is 18.9. The van der Waals surface area contributed by atoms with E-state index in [0.717, 1.165) is 31.6 Å². The van der Waals surface area contributed by atoms with E-state index >= 15 is 0 Å². The first-order valence-corrected chi connectivity index (χ1v) is 14.5. The molecule has 9 nitrogen and oxygen atoms in total. The van der Waals surface area contributed by atoms with E-state index in [2.05, 4.69) is 27.7 Å². The number of carbonyl (C=O) groups excluding carboxylic acids is 3. The molecule has 1 atom stereocenters. The quantitative estimate of drug-likeness (QED) is 0.331. The summed E-state index contributed by atoms with van der Waals surface area (Å²) in [5.41, 5.74) is 1.36. The Morgan fingerprint density at radius 3 is 2.30 bits per heavy atom. The van der Waals surface area contributed by atoms with E-state index in [9.17, 15) is 19.5 Å². The van der Waals surface area contributed by atoms with Gasteiger partial charge in [-0.05, 0) is 56.1 Å². The Kier molecular flexibility index (Phi) is 10.9. The molecule has 2 aromatic carbocycles. The predicted molar refractivity (Wildman–Crippen MR) is 152 cm³/mol. The summed E-state index contributed by atoms with van der Waals surface area (Å²) in [4.78, 5) is 43.1. The number of hydrogen-bond acceptors (Lipinski definition) is 6. The molecular formula is C31H42N4O5. The number of carbonyl (C=O) groups is 3. The second-order valence-electron chi connectivity index (χ2n) is 10.7. The second-order valence-corrected chi connectivity index (χ2v) is 10.7. The van der Waals surface area contributed by atoms with Gasteiger partial charge in [-0.25, -0.2) is 4.79 Å². The van der Waals surface area contributed by atoms with Gasteiger partial charge < -0.3 is 30.3 Å². The van der Waals surface area contributed by atoms with Crippen LogP contribution in [0.25, 0.3) is 0 Å². The third kappa shape index (κ3) is 7.82. The number of likely N-dealkylation sites (tertiary alicyclic amines) is 1. The summed E-state index contributed by atoms with van der Waals surface area (Å²) in [5.74, 6) is -0.152. The Labute approximate surface area is 236 Å². The van der Waals surface area contributed by atoms with Crippen molar-refractivity contribution in [2.45, 2.75) is 63.1 Å². The van der Waals surface area contributed by atoms with Gasteiger partial charge in [-0.15, -0.1) is 0 Å². The molecule has 4 rings (SSSR count).